The quantitative estimate of drug-likeness (QED) is 0.629. The fourth-order valence-electron chi connectivity index (χ4n) is 2.65. The van der Waals surface area contributed by atoms with Crippen LogP contribution in [0.15, 0.2) is 42.5 Å². The number of benzene rings is 2. The lowest BCUT2D eigenvalue weighted by Gasteiger charge is -2.27. The van der Waals surface area contributed by atoms with Crippen molar-refractivity contribution >= 4 is 23.2 Å². The summed E-state index contributed by atoms with van der Waals surface area (Å²) in [6.45, 7) is 6.74. The molecule has 2 rings (SSSR count). The highest BCUT2D eigenvalue weighted by molar-refractivity contribution is 6.33. The Hall–Kier alpha value is -0.980. The molecule has 0 aliphatic rings. The predicted molar refractivity (Wildman–Crippen MR) is 89.0 cm³/mol. The first-order valence-electron chi connectivity index (χ1n) is 6.90. The van der Waals surface area contributed by atoms with Gasteiger partial charge < -0.3 is 0 Å². The Balaban J connectivity index is 2.17. The molecule has 0 unspecified atom stereocenters. The lowest BCUT2D eigenvalue weighted by atomic mass is 9.78. The summed E-state index contributed by atoms with van der Waals surface area (Å²) in [7, 11) is 0. The molecule has 2 aromatic rings. The maximum absolute atomic E-state index is 6.24. The zero-order valence-electron chi connectivity index (χ0n) is 12.2. The maximum atomic E-state index is 6.24. The minimum Gasteiger partial charge on any atom is -0.0843 e. The van der Waals surface area contributed by atoms with E-state index in [4.69, 9.17) is 23.2 Å². The van der Waals surface area contributed by atoms with Gasteiger partial charge in [0.2, 0.25) is 0 Å². The van der Waals surface area contributed by atoms with E-state index in [1.54, 1.807) is 0 Å². The molecule has 0 aromatic heterocycles. The molecular weight excluding hydrogens is 287 g/mol. The summed E-state index contributed by atoms with van der Waals surface area (Å²) in [5.74, 6) is 0. The van der Waals surface area contributed by atoms with Crippen molar-refractivity contribution in [1.29, 1.82) is 0 Å². The van der Waals surface area contributed by atoms with Crippen LogP contribution in [0, 0.1) is 6.92 Å². The van der Waals surface area contributed by atoms with E-state index in [0.29, 0.717) is 0 Å². The number of halogens is 2. The highest BCUT2D eigenvalue weighted by atomic mass is 35.5. The average molecular weight is 307 g/mol. The molecule has 0 aliphatic heterocycles. The van der Waals surface area contributed by atoms with Gasteiger partial charge in [0, 0.05) is 10.0 Å². The highest BCUT2D eigenvalue weighted by Crippen LogP contribution is 2.32. The van der Waals surface area contributed by atoms with Gasteiger partial charge in [0.25, 0.3) is 0 Å². The van der Waals surface area contributed by atoms with E-state index in [9.17, 15) is 0 Å². The molecule has 2 aromatic carbocycles. The molecule has 0 spiro atoms. The minimum atomic E-state index is 0.122. The van der Waals surface area contributed by atoms with Crippen LogP contribution in [0.2, 0.25) is 10.0 Å². The molecule has 0 atom stereocenters. The summed E-state index contributed by atoms with van der Waals surface area (Å²) >= 11 is 12.3. The van der Waals surface area contributed by atoms with Gasteiger partial charge in [-0.1, -0.05) is 61.3 Å². The van der Waals surface area contributed by atoms with Gasteiger partial charge in [-0.15, -0.1) is 0 Å². The number of hydrogen-bond donors (Lipinski definition) is 0. The Kier molecular flexibility index (Phi) is 4.78. The first-order chi connectivity index (χ1) is 9.40. The second-order valence-electron chi connectivity index (χ2n) is 5.93. The summed E-state index contributed by atoms with van der Waals surface area (Å²) in [6, 6.07) is 14.3. The van der Waals surface area contributed by atoms with E-state index >= 15 is 0 Å². The van der Waals surface area contributed by atoms with Gasteiger partial charge in [0.15, 0.2) is 0 Å². The molecule has 106 valence electrons. The SMILES string of the molecule is Cc1ccccc1C(C)(C)CCc1cc(Cl)ccc1Cl. The Morgan fingerprint density at radius 3 is 2.40 bits per heavy atom. The number of aryl methyl sites for hydroxylation is 2. The Morgan fingerprint density at radius 1 is 1.00 bits per heavy atom. The first-order valence-corrected chi connectivity index (χ1v) is 7.66. The monoisotopic (exact) mass is 306 g/mol. The highest BCUT2D eigenvalue weighted by Gasteiger charge is 2.22. The fraction of sp³-hybridized carbons (Fsp3) is 0.333. The molecule has 0 fully saturated rings. The molecule has 0 heterocycles. The van der Waals surface area contributed by atoms with E-state index < -0.39 is 0 Å². The average Bonchev–Trinajstić information content (AvgIpc) is 2.40. The summed E-state index contributed by atoms with van der Waals surface area (Å²) < 4.78 is 0. The van der Waals surface area contributed by atoms with Crippen molar-refractivity contribution in [1.82, 2.24) is 0 Å². The number of rotatable bonds is 4. The fourth-order valence-corrected chi connectivity index (χ4v) is 3.06. The smallest absolute Gasteiger partial charge is 0.0439 e. The van der Waals surface area contributed by atoms with Crippen LogP contribution >= 0.6 is 23.2 Å². The Bertz CT molecular complexity index is 600. The van der Waals surface area contributed by atoms with Crippen molar-refractivity contribution < 1.29 is 0 Å². The van der Waals surface area contributed by atoms with Crippen molar-refractivity contribution in [3.05, 3.63) is 69.2 Å². The van der Waals surface area contributed by atoms with E-state index in [2.05, 4.69) is 45.0 Å². The molecule has 0 amide bonds. The zero-order valence-corrected chi connectivity index (χ0v) is 13.7. The van der Waals surface area contributed by atoms with Crippen molar-refractivity contribution in [2.24, 2.45) is 0 Å². The maximum Gasteiger partial charge on any atom is 0.0439 e. The van der Waals surface area contributed by atoms with Gasteiger partial charge >= 0.3 is 0 Å². The van der Waals surface area contributed by atoms with Gasteiger partial charge in [0.05, 0.1) is 0 Å². The van der Waals surface area contributed by atoms with Gasteiger partial charge in [-0.25, -0.2) is 0 Å². The molecule has 0 radical (unpaired) electrons. The molecule has 0 saturated heterocycles. The van der Waals surface area contributed by atoms with Crippen LogP contribution in [-0.2, 0) is 11.8 Å². The van der Waals surface area contributed by atoms with E-state index in [1.165, 1.54) is 11.1 Å². The topological polar surface area (TPSA) is 0 Å². The molecule has 0 nitrogen and oxygen atoms in total. The van der Waals surface area contributed by atoms with Gasteiger partial charge in [-0.05, 0) is 60.1 Å². The molecule has 0 saturated carbocycles. The molecule has 0 N–H and O–H groups in total. The van der Waals surface area contributed by atoms with Gasteiger partial charge in [-0.3, -0.25) is 0 Å². The van der Waals surface area contributed by atoms with E-state index in [-0.39, 0.29) is 5.41 Å². The van der Waals surface area contributed by atoms with Crippen LogP contribution in [0.5, 0.6) is 0 Å². The van der Waals surface area contributed by atoms with Crippen LogP contribution in [0.4, 0.5) is 0 Å². The summed E-state index contributed by atoms with van der Waals surface area (Å²) in [5.41, 5.74) is 3.99. The second kappa shape index (κ2) is 6.20. The summed E-state index contributed by atoms with van der Waals surface area (Å²) in [5, 5.41) is 1.55. The molecular formula is C18H20Cl2. The Labute approximate surface area is 131 Å². The molecule has 2 heteroatoms. The van der Waals surface area contributed by atoms with Crippen molar-refractivity contribution in [3.63, 3.8) is 0 Å². The lowest BCUT2D eigenvalue weighted by Crippen LogP contribution is -2.19. The largest absolute Gasteiger partial charge is 0.0843 e. The normalized spacial score (nSPS) is 11.7. The van der Waals surface area contributed by atoms with Gasteiger partial charge in [0.1, 0.15) is 0 Å². The van der Waals surface area contributed by atoms with Crippen LogP contribution < -0.4 is 0 Å². The van der Waals surface area contributed by atoms with Crippen LogP contribution in [0.1, 0.15) is 37.0 Å². The van der Waals surface area contributed by atoms with Gasteiger partial charge in [-0.2, -0.15) is 0 Å². The molecule has 0 bridgehead atoms. The zero-order chi connectivity index (χ0) is 14.8. The third-order valence-corrected chi connectivity index (χ3v) is 4.51. The standard InChI is InChI=1S/C18H20Cl2/c1-13-6-4-5-7-16(13)18(2,3)11-10-14-12-15(19)8-9-17(14)20/h4-9,12H,10-11H2,1-3H3. The van der Waals surface area contributed by atoms with Crippen molar-refractivity contribution in [2.75, 3.05) is 0 Å². The summed E-state index contributed by atoms with van der Waals surface area (Å²) in [6.07, 6.45) is 1.97. The van der Waals surface area contributed by atoms with Crippen LogP contribution in [-0.4, -0.2) is 0 Å². The minimum absolute atomic E-state index is 0.122. The third-order valence-electron chi connectivity index (χ3n) is 3.90. The predicted octanol–water partition coefficient (Wildman–Crippen LogP) is 6.21. The van der Waals surface area contributed by atoms with Crippen molar-refractivity contribution in [3.8, 4) is 0 Å². The second-order valence-corrected chi connectivity index (χ2v) is 6.78. The van der Waals surface area contributed by atoms with Crippen molar-refractivity contribution in [2.45, 2.75) is 39.0 Å². The molecule has 0 aliphatic carbocycles. The number of hydrogen-bond acceptors (Lipinski definition) is 0. The van der Waals surface area contributed by atoms with E-state index in [1.807, 2.05) is 18.2 Å². The lowest BCUT2D eigenvalue weighted by molar-refractivity contribution is 0.477. The first kappa shape index (κ1) is 15.4. The molecule has 20 heavy (non-hydrogen) atoms. The third kappa shape index (κ3) is 3.56. The van der Waals surface area contributed by atoms with Crippen LogP contribution in [0.3, 0.4) is 0 Å². The summed E-state index contributed by atoms with van der Waals surface area (Å²) in [4.78, 5) is 0. The van der Waals surface area contributed by atoms with Crippen LogP contribution in [0.25, 0.3) is 0 Å². The van der Waals surface area contributed by atoms with E-state index in [0.717, 1.165) is 28.5 Å². The Morgan fingerprint density at radius 2 is 1.70 bits per heavy atom.